The zero-order chi connectivity index (χ0) is 17.0. The van der Waals surface area contributed by atoms with Gasteiger partial charge in [-0.3, -0.25) is 4.79 Å². The van der Waals surface area contributed by atoms with Gasteiger partial charge in [0.05, 0.1) is 17.1 Å². The highest BCUT2D eigenvalue weighted by molar-refractivity contribution is 7.98. The smallest absolute Gasteiger partial charge is 0.341 e. The molecule has 1 aliphatic heterocycles. The van der Waals surface area contributed by atoms with Gasteiger partial charge in [0.15, 0.2) is 16.4 Å². The quantitative estimate of drug-likeness (QED) is 0.562. The van der Waals surface area contributed by atoms with Crippen molar-refractivity contribution in [2.24, 2.45) is 0 Å². The number of carbonyl (C=O) groups is 2. The Balaban J connectivity index is 1.92. The van der Waals surface area contributed by atoms with E-state index in [-0.39, 0.29) is 17.5 Å². The number of sulfone groups is 1. The summed E-state index contributed by atoms with van der Waals surface area (Å²) in [7, 11) is -1.54. The van der Waals surface area contributed by atoms with Crippen molar-refractivity contribution in [2.75, 3.05) is 31.4 Å². The number of likely N-dealkylation sites (N-methyl/N-ethyl adjacent to an activating group) is 1. The largest absolute Gasteiger partial charge is 0.452 e. The summed E-state index contributed by atoms with van der Waals surface area (Å²) in [4.78, 5) is 29.5. The summed E-state index contributed by atoms with van der Waals surface area (Å²) in [5.41, 5.74) is 0.305. The molecule has 1 fully saturated rings. The van der Waals surface area contributed by atoms with Crippen LogP contribution in [-0.4, -0.2) is 67.6 Å². The fourth-order valence-electron chi connectivity index (χ4n) is 2.30. The molecule has 0 spiro atoms. The highest BCUT2D eigenvalue weighted by atomic mass is 32.2. The fraction of sp³-hybridized carbons (Fsp3) is 0.500. The summed E-state index contributed by atoms with van der Waals surface area (Å²) in [5.74, 6) is -0.997. The molecule has 1 saturated heterocycles. The second-order valence-electron chi connectivity index (χ2n) is 5.20. The van der Waals surface area contributed by atoms with Crippen molar-refractivity contribution in [3.63, 3.8) is 0 Å². The normalized spacial score (nSPS) is 19.3. The zero-order valence-electron chi connectivity index (χ0n) is 12.9. The van der Waals surface area contributed by atoms with Crippen LogP contribution in [0.15, 0.2) is 23.4 Å². The number of rotatable bonds is 5. The first kappa shape index (κ1) is 17.7. The van der Waals surface area contributed by atoms with Crippen LogP contribution < -0.4 is 0 Å². The number of thioether (sulfide) groups is 1. The number of amides is 1. The second kappa shape index (κ2) is 7.31. The molecular weight excluding hydrogens is 340 g/mol. The van der Waals surface area contributed by atoms with Crippen LogP contribution in [0.2, 0.25) is 0 Å². The van der Waals surface area contributed by atoms with E-state index >= 15 is 0 Å². The molecule has 1 atom stereocenters. The summed E-state index contributed by atoms with van der Waals surface area (Å²) in [6.07, 6.45) is 3.78. The van der Waals surface area contributed by atoms with E-state index in [1.807, 2.05) is 0 Å². The lowest BCUT2D eigenvalue weighted by Crippen LogP contribution is -2.40. The molecule has 0 radical (unpaired) electrons. The van der Waals surface area contributed by atoms with Crippen LogP contribution in [0.3, 0.4) is 0 Å². The van der Waals surface area contributed by atoms with Crippen molar-refractivity contribution in [3.8, 4) is 0 Å². The Bertz CT molecular complexity index is 705. The van der Waals surface area contributed by atoms with Gasteiger partial charge in [-0.1, -0.05) is 0 Å². The number of ether oxygens (including phenoxy) is 1. The van der Waals surface area contributed by atoms with E-state index in [4.69, 9.17) is 4.74 Å². The number of pyridine rings is 1. The van der Waals surface area contributed by atoms with Gasteiger partial charge in [-0.05, 0) is 24.8 Å². The van der Waals surface area contributed by atoms with Crippen LogP contribution >= 0.6 is 11.8 Å². The Labute approximate surface area is 139 Å². The third-order valence-corrected chi connectivity index (χ3v) is 6.12. The number of nitrogens with zero attached hydrogens (tertiary/aromatic N) is 2. The third-order valence-electron chi connectivity index (χ3n) is 3.66. The van der Waals surface area contributed by atoms with E-state index in [9.17, 15) is 18.0 Å². The highest BCUT2D eigenvalue weighted by Gasteiger charge is 2.33. The van der Waals surface area contributed by atoms with Crippen molar-refractivity contribution in [2.45, 2.75) is 17.5 Å². The van der Waals surface area contributed by atoms with Crippen LogP contribution in [-0.2, 0) is 19.4 Å². The van der Waals surface area contributed by atoms with Gasteiger partial charge in [0.1, 0.15) is 5.03 Å². The molecule has 23 heavy (non-hydrogen) atoms. The number of esters is 1. The second-order valence-corrected chi connectivity index (χ2v) is 8.22. The average Bonchev–Trinajstić information content (AvgIpc) is 2.91. The molecule has 9 heteroatoms. The number of carbonyl (C=O) groups excluding carboxylic acids is 2. The molecule has 0 aromatic carbocycles. The van der Waals surface area contributed by atoms with Gasteiger partial charge in [-0.25, -0.2) is 18.2 Å². The lowest BCUT2D eigenvalue weighted by Gasteiger charge is -2.23. The molecular formula is C14H18N2O5S2. The molecule has 7 nitrogen and oxygen atoms in total. The van der Waals surface area contributed by atoms with Gasteiger partial charge in [0.25, 0.3) is 5.91 Å². The van der Waals surface area contributed by atoms with E-state index in [1.165, 1.54) is 23.7 Å². The van der Waals surface area contributed by atoms with E-state index in [0.717, 1.165) is 0 Å². The summed E-state index contributed by atoms with van der Waals surface area (Å²) in [6, 6.07) is 2.85. The number of hydrogen-bond acceptors (Lipinski definition) is 7. The fourth-order valence-corrected chi connectivity index (χ4v) is 4.61. The highest BCUT2D eigenvalue weighted by Crippen LogP contribution is 2.19. The molecule has 0 aliphatic carbocycles. The van der Waals surface area contributed by atoms with Gasteiger partial charge in [0.2, 0.25) is 0 Å². The molecule has 0 bridgehead atoms. The molecule has 1 amide bonds. The third kappa shape index (κ3) is 4.44. The Morgan fingerprint density at radius 1 is 1.48 bits per heavy atom. The first-order chi connectivity index (χ1) is 10.8. The molecule has 1 aromatic rings. The predicted octanol–water partition coefficient (Wildman–Crippen LogP) is 0.606. The van der Waals surface area contributed by atoms with Crippen molar-refractivity contribution < 1.29 is 22.7 Å². The molecule has 1 aromatic heterocycles. The maximum Gasteiger partial charge on any atom is 0.341 e. The maximum atomic E-state index is 12.1. The first-order valence-electron chi connectivity index (χ1n) is 6.96. The van der Waals surface area contributed by atoms with Gasteiger partial charge in [-0.2, -0.15) is 0 Å². The van der Waals surface area contributed by atoms with Gasteiger partial charge >= 0.3 is 5.97 Å². The maximum absolute atomic E-state index is 12.1. The molecule has 0 N–H and O–H groups in total. The number of hydrogen-bond donors (Lipinski definition) is 0. The van der Waals surface area contributed by atoms with Crippen LogP contribution in [0.25, 0.3) is 0 Å². The van der Waals surface area contributed by atoms with E-state index in [2.05, 4.69) is 4.98 Å². The molecule has 2 heterocycles. The summed E-state index contributed by atoms with van der Waals surface area (Å²) in [5, 5.41) is 0.528. The van der Waals surface area contributed by atoms with Crippen LogP contribution in [0.5, 0.6) is 0 Å². The summed E-state index contributed by atoms with van der Waals surface area (Å²) < 4.78 is 27.9. The van der Waals surface area contributed by atoms with E-state index in [0.29, 0.717) is 17.0 Å². The minimum atomic E-state index is -3.07. The Hall–Kier alpha value is -1.61. The van der Waals surface area contributed by atoms with Crippen LogP contribution in [0.4, 0.5) is 0 Å². The Kier molecular flexibility index (Phi) is 5.64. The van der Waals surface area contributed by atoms with Gasteiger partial charge in [-0.15, -0.1) is 11.8 Å². The number of aromatic nitrogens is 1. The predicted molar refractivity (Wildman–Crippen MR) is 86.1 cm³/mol. The standard InChI is InChI=1S/C14H18N2O5S2/c1-16(10-5-7-23(19,20)9-10)12(17)8-21-14(18)11-4-3-6-15-13(11)22-2/h3-4,6,10H,5,7-9H2,1-2H3/t10-/m0/s1. The molecule has 0 unspecified atom stereocenters. The zero-order valence-corrected chi connectivity index (χ0v) is 14.5. The van der Waals surface area contributed by atoms with Crippen LogP contribution in [0, 0.1) is 0 Å². The average molecular weight is 358 g/mol. The Morgan fingerprint density at radius 3 is 2.83 bits per heavy atom. The Morgan fingerprint density at radius 2 is 2.22 bits per heavy atom. The molecule has 126 valence electrons. The minimum Gasteiger partial charge on any atom is -0.452 e. The van der Waals surface area contributed by atoms with Gasteiger partial charge < -0.3 is 9.64 Å². The minimum absolute atomic E-state index is 0.0393. The van der Waals surface area contributed by atoms with Crippen LogP contribution in [0.1, 0.15) is 16.8 Å². The van der Waals surface area contributed by atoms with Crippen molar-refractivity contribution in [1.82, 2.24) is 9.88 Å². The van der Waals surface area contributed by atoms with Crippen molar-refractivity contribution in [1.29, 1.82) is 0 Å². The van der Waals surface area contributed by atoms with E-state index in [1.54, 1.807) is 24.6 Å². The van der Waals surface area contributed by atoms with Crippen molar-refractivity contribution in [3.05, 3.63) is 23.9 Å². The summed E-state index contributed by atoms with van der Waals surface area (Å²) >= 11 is 1.31. The van der Waals surface area contributed by atoms with E-state index < -0.39 is 28.3 Å². The molecule has 2 rings (SSSR count). The lowest BCUT2D eigenvalue weighted by molar-refractivity contribution is -0.134. The SMILES string of the molecule is CSc1ncccc1C(=O)OCC(=O)N(C)[C@H]1CCS(=O)(=O)C1. The monoisotopic (exact) mass is 358 g/mol. The first-order valence-corrected chi connectivity index (χ1v) is 10.0. The van der Waals surface area contributed by atoms with Crippen molar-refractivity contribution >= 4 is 33.5 Å². The van der Waals surface area contributed by atoms with Gasteiger partial charge in [0, 0.05) is 19.3 Å². The lowest BCUT2D eigenvalue weighted by atomic mass is 10.2. The molecule has 0 saturated carbocycles. The summed E-state index contributed by atoms with van der Waals surface area (Å²) in [6.45, 7) is -0.422. The molecule has 1 aliphatic rings. The topological polar surface area (TPSA) is 93.6 Å².